The van der Waals surface area contributed by atoms with Gasteiger partial charge in [-0.2, -0.15) is 0 Å². The van der Waals surface area contributed by atoms with E-state index in [-0.39, 0.29) is 24.4 Å². The fraction of sp³-hybridized carbons (Fsp3) is 0.182. The van der Waals surface area contributed by atoms with Crippen LogP contribution in [0, 0.1) is 17.7 Å². The van der Waals surface area contributed by atoms with E-state index in [0.717, 1.165) is 6.07 Å². The smallest absolute Gasteiger partial charge is 0.337 e. The molecule has 1 aromatic rings. The largest absolute Gasteiger partial charge is 0.478 e. The van der Waals surface area contributed by atoms with E-state index in [4.69, 9.17) is 10.2 Å². The Labute approximate surface area is 91.7 Å². The fourth-order valence-corrected chi connectivity index (χ4v) is 1.13. The number of nitrogens with one attached hydrogen (secondary N) is 1. The van der Waals surface area contributed by atoms with Gasteiger partial charge in [0.25, 0.3) is 0 Å². The number of hydrogen-bond donors (Lipinski definition) is 3. The van der Waals surface area contributed by atoms with Gasteiger partial charge in [-0.1, -0.05) is 17.9 Å². The summed E-state index contributed by atoms with van der Waals surface area (Å²) in [5, 5.41) is 19.8. The lowest BCUT2D eigenvalue weighted by Gasteiger charge is -2.07. The lowest BCUT2D eigenvalue weighted by molar-refractivity contribution is 0.0697. The van der Waals surface area contributed by atoms with Crippen molar-refractivity contribution in [1.82, 2.24) is 0 Å². The van der Waals surface area contributed by atoms with E-state index in [1.165, 1.54) is 12.1 Å². The topological polar surface area (TPSA) is 69.6 Å². The third kappa shape index (κ3) is 2.97. The van der Waals surface area contributed by atoms with Gasteiger partial charge in [-0.15, -0.1) is 0 Å². The van der Waals surface area contributed by atoms with Crippen LogP contribution < -0.4 is 5.32 Å². The molecule has 0 amide bonds. The SMILES string of the molecule is O=C(O)c1cccc(F)c1NCC#CCO. The Kier molecular flexibility index (Phi) is 4.30. The first kappa shape index (κ1) is 12.0. The van der Waals surface area contributed by atoms with E-state index in [1.54, 1.807) is 0 Å². The molecule has 0 fully saturated rings. The Morgan fingerprint density at radius 2 is 2.19 bits per heavy atom. The van der Waals surface area contributed by atoms with E-state index in [9.17, 15) is 9.18 Å². The Morgan fingerprint density at radius 1 is 1.44 bits per heavy atom. The predicted octanol–water partition coefficient (Wildman–Crippen LogP) is 0.931. The van der Waals surface area contributed by atoms with Crippen molar-refractivity contribution in [3.05, 3.63) is 29.6 Å². The van der Waals surface area contributed by atoms with Crippen LogP contribution >= 0.6 is 0 Å². The van der Waals surface area contributed by atoms with Gasteiger partial charge in [-0.3, -0.25) is 0 Å². The van der Waals surface area contributed by atoms with Gasteiger partial charge in [0.05, 0.1) is 17.8 Å². The summed E-state index contributed by atoms with van der Waals surface area (Å²) in [6.07, 6.45) is 0. The Bertz CT molecular complexity index is 448. The zero-order valence-electron chi connectivity index (χ0n) is 8.33. The molecule has 4 nitrogen and oxygen atoms in total. The van der Waals surface area contributed by atoms with Crippen LogP contribution in [0.5, 0.6) is 0 Å². The van der Waals surface area contributed by atoms with Gasteiger partial charge in [-0.05, 0) is 12.1 Å². The van der Waals surface area contributed by atoms with Crippen LogP contribution in [0.15, 0.2) is 18.2 Å². The molecule has 0 atom stereocenters. The summed E-state index contributed by atoms with van der Waals surface area (Å²) in [5.41, 5.74) is -0.243. The van der Waals surface area contributed by atoms with Crippen LogP contribution in [-0.4, -0.2) is 29.3 Å². The number of aromatic carboxylic acids is 1. The van der Waals surface area contributed by atoms with Crippen molar-refractivity contribution < 1.29 is 19.4 Å². The summed E-state index contributed by atoms with van der Waals surface area (Å²) in [6, 6.07) is 3.78. The number of halogens is 1. The summed E-state index contributed by atoms with van der Waals surface area (Å²) >= 11 is 0. The summed E-state index contributed by atoms with van der Waals surface area (Å²) < 4.78 is 13.3. The number of carboxylic acids is 1. The number of aliphatic hydroxyl groups excluding tert-OH is 1. The van der Waals surface area contributed by atoms with Crippen molar-refractivity contribution in [3.63, 3.8) is 0 Å². The number of carbonyl (C=O) groups is 1. The van der Waals surface area contributed by atoms with Gasteiger partial charge in [-0.25, -0.2) is 9.18 Å². The molecule has 0 aromatic heterocycles. The molecule has 0 saturated heterocycles. The molecular weight excluding hydrogens is 213 g/mol. The minimum Gasteiger partial charge on any atom is -0.478 e. The molecular formula is C11H10FNO3. The van der Waals surface area contributed by atoms with E-state index in [2.05, 4.69) is 17.2 Å². The zero-order valence-corrected chi connectivity index (χ0v) is 8.33. The highest BCUT2D eigenvalue weighted by atomic mass is 19.1. The summed E-state index contributed by atoms with van der Waals surface area (Å²) in [4.78, 5) is 10.8. The van der Waals surface area contributed by atoms with Gasteiger partial charge in [0.1, 0.15) is 12.4 Å². The third-order valence-corrected chi connectivity index (χ3v) is 1.80. The molecule has 5 heteroatoms. The van der Waals surface area contributed by atoms with E-state index >= 15 is 0 Å². The molecule has 0 aliphatic carbocycles. The van der Waals surface area contributed by atoms with Crippen molar-refractivity contribution in [2.24, 2.45) is 0 Å². The first-order valence-electron chi connectivity index (χ1n) is 4.49. The van der Waals surface area contributed by atoms with E-state index < -0.39 is 11.8 Å². The summed E-state index contributed by atoms with van der Waals surface area (Å²) in [6.45, 7) is -0.216. The van der Waals surface area contributed by atoms with Crippen LogP contribution in [0.1, 0.15) is 10.4 Å². The van der Waals surface area contributed by atoms with E-state index in [0.29, 0.717) is 0 Å². The second-order valence-electron chi connectivity index (χ2n) is 2.83. The highest BCUT2D eigenvalue weighted by Gasteiger charge is 2.12. The van der Waals surface area contributed by atoms with Gasteiger partial charge >= 0.3 is 5.97 Å². The van der Waals surface area contributed by atoms with Crippen molar-refractivity contribution in [2.45, 2.75) is 0 Å². The molecule has 1 rings (SSSR count). The zero-order chi connectivity index (χ0) is 12.0. The van der Waals surface area contributed by atoms with Gasteiger partial charge in [0.15, 0.2) is 0 Å². The molecule has 0 aliphatic rings. The first-order chi connectivity index (χ1) is 7.66. The summed E-state index contributed by atoms with van der Waals surface area (Å²) in [7, 11) is 0. The minimum absolute atomic E-state index is 0.0712. The van der Waals surface area contributed by atoms with Crippen LogP contribution in [0.2, 0.25) is 0 Å². The van der Waals surface area contributed by atoms with Gasteiger partial charge < -0.3 is 15.5 Å². The average molecular weight is 223 g/mol. The number of hydrogen-bond acceptors (Lipinski definition) is 3. The van der Waals surface area contributed by atoms with Crippen LogP contribution in [0.4, 0.5) is 10.1 Å². The lowest BCUT2D eigenvalue weighted by atomic mass is 10.1. The molecule has 0 unspecified atom stereocenters. The standard InChI is InChI=1S/C11H10FNO3/c12-9-5-3-4-8(11(15)16)10(9)13-6-1-2-7-14/h3-5,13-14H,6-7H2,(H,15,16). The molecule has 0 aliphatic heterocycles. The quantitative estimate of drug-likeness (QED) is 0.667. The molecule has 16 heavy (non-hydrogen) atoms. The van der Waals surface area contributed by atoms with Crippen molar-refractivity contribution in [2.75, 3.05) is 18.5 Å². The Hall–Kier alpha value is -2.06. The molecule has 3 N–H and O–H groups in total. The third-order valence-electron chi connectivity index (χ3n) is 1.80. The predicted molar refractivity (Wildman–Crippen MR) is 56.7 cm³/mol. The van der Waals surface area contributed by atoms with Crippen molar-refractivity contribution in [1.29, 1.82) is 0 Å². The molecule has 0 spiro atoms. The maximum absolute atomic E-state index is 13.3. The molecule has 0 radical (unpaired) electrons. The number of rotatable bonds is 3. The number of para-hydroxylation sites is 1. The lowest BCUT2D eigenvalue weighted by Crippen LogP contribution is -2.08. The molecule has 0 bridgehead atoms. The highest BCUT2D eigenvalue weighted by molar-refractivity contribution is 5.94. The van der Waals surface area contributed by atoms with E-state index in [1.807, 2.05) is 0 Å². The fourth-order valence-electron chi connectivity index (χ4n) is 1.13. The second-order valence-corrected chi connectivity index (χ2v) is 2.83. The molecule has 0 saturated carbocycles. The highest BCUT2D eigenvalue weighted by Crippen LogP contribution is 2.19. The number of aliphatic hydroxyl groups is 1. The molecule has 1 aromatic carbocycles. The first-order valence-corrected chi connectivity index (χ1v) is 4.49. The summed E-state index contributed by atoms with van der Waals surface area (Å²) in [5.74, 6) is 3.01. The van der Waals surface area contributed by atoms with Crippen LogP contribution in [0.3, 0.4) is 0 Å². The maximum Gasteiger partial charge on any atom is 0.337 e. The van der Waals surface area contributed by atoms with Crippen molar-refractivity contribution in [3.8, 4) is 11.8 Å². The van der Waals surface area contributed by atoms with Gasteiger partial charge in [0, 0.05) is 0 Å². The number of carboxylic acid groups (broad SMARTS) is 1. The van der Waals surface area contributed by atoms with Crippen molar-refractivity contribution >= 4 is 11.7 Å². The average Bonchev–Trinajstić information content (AvgIpc) is 2.25. The maximum atomic E-state index is 13.3. The number of benzene rings is 1. The second kappa shape index (κ2) is 5.73. The Balaban J connectivity index is 2.88. The van der Waals surface area contributed by atoms with Crippen LogP contribution in [-0.2, 0) is 0 Å². The molecule has 84 valence electrons. The minimum atomic E-state index is -1.21. The monoisotopic (exact) mass is 223 g/mol. The van der Waals surface area contributed by atoms with Gasteiger partial charge in [0.2, 0.25) is 0 Å². The normalized spacial score (nSPS) is 9.12. The van der Waals surface area contributed by atoms with Crippen LogP contribution in [0.25, 0.3) is 0 Å². The Morgan fingerprint density at radius 3 is 2.81 bits per heavy atom. The number of anilines is 1. The molecule has 0 heterocycles.